The van der Waals surface area contributed by atoms with Crippen LogP contribution in [0.2, 0.25) is 0 Å². The van der Waals surface area contributed by atoms with E-state index >= 15 is 0 Å². The lowest BCUT2D eigenvalue weighted by atomic mass is 10.1. The second-order valence-electron chi connectivity index (χ2n) is 11.4. The van der Waals surface area contributed by atoms with E-state index in [1.165, 1.54) is 0 Å². The Morgan fingerprint density at radius 3 is 2.50 bits per heavy atom. The molecule has 236 valence electrons. The molecule has 4 rings (SSSR count). The SMILES string of the molecule is CCCCCN(CCCn1c(CCCC)nc2c(N)nc3ccccc3c21)CC(=O)NCc1cccc(CC(=O)OCC)c1. The molecule has 0 spiro atoms. The summed E-state index contributed by atoms with van der Waals surface area (Å²) in [6, 6.07) is 15.8. The van der Waals surface area contributed by atoms with E-state index in [1.807, 2.05) is 42.5 Å². The van der Waals surface area contributed by atoms with Gasteiger partial charge >= 0.3 is 5.97 Å². The van der Waals surface area contributed by atoms with Gasteiger partial charge in [-0.2, -0.15) is 0 Å². The van der Waals surface area contributed by atoms with Crippen molar-refractivity contribution in [2.75, 3.05) is 32.0 Å². The van der Waals surface area contributed by atoms with Crippen molar-refractivity contribution in [3.8, 4) is 0 Å². The van der Waals surface area contributed by atoms with Crippen LogP contribution in [0.15, 0.2) is 48.5 Å². The average molecular weight is 601 g/mol. The van der Waals surface area contributed by atoms with E-state index in [2.05, 4.69) is 39.7 Å². The fourth-order valence-corrected chi connectivity index (χ4v) is 5.67. The van der Waals surface area contributed by atoms with Gasteiger partial charge in [-0.3, -0.25) is 14.5 Å². The van der Waals surface area contributed by atoms with Crippen LogP contribution in [0.25, 0.3) is 21.9 Å². The van der Waals surface area contributed by atoms with E-state index in [0.717, 1.165) is 103 Å². The zero-order chi connectivity index (χ0) is 31.3. The number of hydrogen-bond acceptors (Lipinski definition) is 7. The number of fused-ring (bicyclic) bond motifs is 3. The fraction of sp³-hybridized carbons (Fsp3) is 0.486. The summed E-state index contributed by atoms with van der Waals surface area (Å²) in [4.78, 5) is 36.8. The molecule has 0 aliphatic rings. The second kappa shape index (κ2) is 16.8. The summed E-state index contributed by atoms with van der Waals surface area (Å²) in [5, 5.41) is 4.15. The van der Waals surface area contributed by atoms with Gasteiger partial charge in [-0.15, -0.1) is 0 Å². The monoisotopic (exact) mass is 600 g/mol. The number of hydrogen-bond donors (Lipinski definition) is 2. The molecule has 0 unspecified atom stereocenters. The first kappa shape index (κ1) is 32.9. The van der Waals surface area contributed by atoms with Crippen LogP contribution in [0, 0.1) is 0 Å². The summed E-state index contributed by atoms with van der Waals surface area (Å²) in [7, 11) is 0. The third-order valence-electron chi connectivity index (χ3n) is 7.88. The highest BCUT2D eigenvalue weighted by Gasteiger charge is 2.18. The van der Waals surface area contributed by atoms with E-state index in [9.17, 15) is 9.59 Å². The van der Waals surface area contributed by atoms with Gasteiger partial charge in [-0.1, -0.05) is 75.6 Å². The number of aromatic nitrogens is 3. The Morgan fingerprint density at radius 1 is 0.932 bits per heavy atom. The number of imidazole rings is 1. The predicted octanol–water partition coefficient (Wildman–Crippen LogP) is 5.81. The molecule has 9 nitrogen and oxygen atoms in total. The minimum Gasteiger partial charge on any atom is -0.466 e. The number of carbonyl (C=O) groups is 2. The van der Waals surface area contributed by atoms with Crippen molar-refractivity contribution in [2.45, 2.75) is 85.2 Å². The van der Waals surface area contributed by atoms with E-state index < -0.39 is 0 Å². The molecule has 2 heterocycles. The number of esters is 1. The summed E-state index contributed by atoms with van der Waals surface area (Å²) >= 11 is 0. The number of nitrogens with zero attached hydrogens (tertiary/aromatic N) is 4. The highest BCUT2D eigenvalue weighted by Crippen LogP contribution is 2.29. The highest BCUT2D eigenvalue weighted by molar-refractivity contribution is 6.06. The summed E-state index contributed by atoms with van der Waals surface area (Å²) < 4.78 is 7.40. The van der Waals surface area contributed by atoms with Gasteiger partial charge in [0.05, 0.1) is 30.6 Å². The summed E-state index contributed by atoms with van der Waals surface area (Å²) in [5.41, 5.74) is 10.9. The molecule has 0 fully saturated rings. The number of benzene rings is 2. The number of pyridine rings is 1. The Hall–Kier alpha value is -3.98. The van der Waals surface area contributed by atoms with Gasteiger partial charge in [0.2, 0.25) is 5.91 Å². The number of amides is 1. The Labute approximate surface area is 261 Å². The number of carbonyl (C=O) groups excluding carboxylic acids is 2. The molecule has 0 atom stereocenters. The molecular formula is C35H48N6O3. The molecule has 2 aromatic heterocycles. The van der Waals surface area contributed by atoms with E-state index in [1.54, 1.807) is 6.92 Å². The maximum Gasteiger partial charge on any atom is 0.310 e. The number of ether oxygens (including phenoxy) is 1. The number of anilines is 1. The van der Waals surface area contributed by atoms with Gasteiger partial charge in [0, 0.05) is 31.4 Å². The molecule has 0 aliphatic heterocycles. The number of nitrogen functional groups attached to an aromatic ring is 1. The number of rotatable bonds is 18. The molecule has 0 bridgehead atoms. The van der Waals surface area contributed by atoms with E-state index in [4.69, 9.17) is 15.5 Å². The largest absolute Gasteiger partial charge is 0.466 e. The predicted molar refractivity (Wildman–Crippen MR) is 177 cm³/mol. The van der Waals surface area contributed by atoms with Crippen LogP contribution in [0.5, 0.6) is 0 Å². The quantitative estimate of drug-likeness (QED) is 0.109. The zero-order valence-corrected chi connectivity index (χ0v) is 26.6. The smallest absolute Gasteiger partial charge is 0.310 e. The topological polar surface area (TPSA) is 115 Å². The first-order chi connectivity index (χ1) is 21.4. The van der Waals surface area contributed by atoms with Crippen molar-refractivity contribution >= 4 is 39.6 Å². The first-order valence-electron chi connectivity index (χ1n) is 16.2. The molecule has 0 radical (unpaired) electrons. The Balaban J connectivity index is 1.42. The number of nitrogens with two attached hydrogens (primary N) is 1. The van der Waals surface area contributed by atoms with Gasteiger partial charge in [0.15, 0.2) is 5.82 Å². The van der Waals surface area contributed by atoms with Crippen LogP contribution in [0.3, 0.4) is 0 Å². The number of aryl methyl sites for hydroxylation is 2. The summed E-state index contributed by atoms with van der Waals surface area (Å²) in [6.07, 6.45) is 7.48. The van der Waals surface area contributed by atoms with Crippen molar-refractivity contribution in [1.29, 1.82) is 0 Å². The van der Waals surface area contributed by atoms with Crippen LogP contribution in [-0.4, -0.2) is 57.6 Å². The van der Waals surface area contributed by atoms with Crippen molar-refractivity contribution < 1.29 is 14.3 Å². The van der Waals surface area contributed by atoms with Gasteiger partial charge in [-0.25, -0.2) is 9.97 Å². The van der Waals surface area contributed by atoms with Gasteiger partial charge in [0.1, 0.15) is 11.3 Å². The standard InChI is InChI=1S/C35H48N6O3/c1-4-7-11-19-40(25-31(42)37-24-27-15-12-14-26(22-27)23-32(43)44-6-3)20-13-21-41-30(18-8-5-2)39-33-34(41)28-16-9-10-17-29(28)38-35(33)36/h9-10,12,14-17,22H,4-8,11,13,18-21,23-25H2,1-3H3,(H2,36,38)(H,37,42). The molecule has 0 saturated heterocycles. The van der Waals surface area contributed by atoms with Crippen molar-refractivity contribution in [1.82, 2.24) is 24.8 Å². The lowest BCUT2D eigenvalue weighted by Crippen LogP contribution is -2.38. The number of unbranched alkanes of at least 4 members (excludes halogenated alkanes) is 3. The average Bonchev–Trinajstić information content (AvgIpc) is 3.38. The molecule has 2 aromatic carbocycles. The van der Waals surface area contributed by atoms with E-state index in [-0.39, 0.29) is 18.3 Å². The molecule has 0 aliphatic carbocycles. The number of para-hydroxylation sites is 1. The van der Waals surface area contributed by atoms with Crippen molar-refractivity contribution in [3.05, 3.63) is 65.5 Å². The Kier molecular flexibility index (Phi) is 12.5. The van der Waals surface area contributed by atoms with Crippen LogP contribution in [0.1, 0.15) is 76.2 Å². The van der Waals surface area contributed by atoms with Crippen LogP contribution in [0.4, 0.5) is 5.82 Å². The fourth-order valence-electron chi connectivity index (χ4n) is 5.67. The lowest BCUT2D eigenvalue weighted by molar-refractivity contribution is -0.142. The van der Waals surface area contributed by atoms with Crippen molar-refractivity contribution in [2.24, 2.45) is 0 Å². The highest BCUT2D eigenvalue weighted by atomic mass is 16.5. The molecular weight excluding hydrogens is 552 g/mol. The summed E-state index contributed by atoms with van der Waals surface area (Å²) in [6.45, 7) is 9.80. The Morgan fingerprint density at radius 2 is 1.70 bits per heavy atom. The summed E-state index contributed by atoms with van der Waals surface area (Å²) in [5.74, 6) is 1.27. The third-order valence-corrected chi connectivity index (χ3v) is 7.88. The van der Waals surface area contributed by atoms with Gasteiger partial charge < -0.3 is 20.4 Å². The third kappa shape index (κ3) is 9.02. The minimum absolute atomic E-state index is 0.00106. The van der Waals surface area contributed by atoms with Gasteiger partial charge in [0.25, 0.3) is 0 Å². The first-order valence-corrected chi connectivity index (χ1v) is 16.2. The van der Waals surface area contributed by atoms with Crippen LogP contribution in [-0.2, 0) is 40.3 Å². The van der Waals surface area contributed by atoms with Crippen LogP contribution < -0.4 is 11.1 Å². The molecule has 9 heteroatoms. The van der Waals surface area contributed by atoms with Gasteiger partial charge in [-0.05, 0) is 49.9 Å². The maximum atomic E-state index is 13.1. The lowest BCUT2D eigenvalue weighted by Gasteiger charge is -2.22. The minimum atomic E-state index is -0.245. The zero-order valence-electron chi connectivity index (χ0n) is 26.6. The molecule has 3 N–H and O–H groups in total. The number of nitrogens with one attached hydrogen (secondary N) is 1. The second-order valence-corrected chi connectivity index (χ2v) is 11.4. The molecule has 44 heavy (non-hydrogen) atoms. The van der Waals surface area contributed by atoms with Crippen LogP contribution >= 0.6 is 0 Å². The Bertz CT molecular complexity index is 1530. The molecule has 1 amide bonds. The van der Waals surface area contributed by atoms with E-state index in [0.29, 0.717) is 25.5 Å². The maximum absolute atomic E-state index is 13.1. The molecule has 0 saturated carbocycles. The van der Waals surface area contributed by atoms with Crippen molar-refractivity contribution in [3.63, 3.8) is 0 Å². The normalized spacial score (nSPS) is 11.5. The molecule has 4 aromatic rings.